The lowest BCUT2D eigenvalue weighted by Gasteiger charge is -2.14. The minimum atomic E-state index is 0.500. The van der Waals surface area contributed by atoms with Crippen molar-refractivity contribution in [2.75, 3.05) is 0 Å². The summed E-state index contributed by atoms with van der Waals surface area (Å²) in [4.78, 5) is 0. The summed E-state index contributed by atoms with van der Waals surface area (Å²) in [5.41, 5.74) is 8.17. The molecule has 194 valence electrons. The van der Waals surface area contributed by atoms with Crippen molar-refractivity contribution in [2.45, 2.75) is 0 Å². The lowest BCUT2D eigenvalue weighted by atomic mass is 9.93. The quantitative estimate of drug-likeness (QED) is 0.227. The third-order valence-corrected chi connectivity index (χ3v) is 8.17. The molecule has 0 saturated carbocycles. The van der Waals surface area contributed by atoms with Gasteiger partial charge in [0.05, 0.1) is 34.3 Å². The van der Waals surface area contributed by atoms with Gasteiger partial charge in [-0.15, -0.1) is 0 Å². The zero-order valence-corrected chi connectivity index (χ0v) is 22.5. The number of hydrogen-bond donors (Lipinski definition) is 0. The summed E-state index contributed by atoms with van der Waals surface area (Å²) in [6.07, 6.45) is 0. The van der Waals surface area contributed by atoms with Gasteiger partial charge < -0.3 is 0 Å². The first-order valence-corrected chi connectivity index (χ1v) is 13.8. The van der Waals surface area contributed by atoms with E-state index in [0.29, 0.717) is 16.7 Å². The molecule has 6 aromatic carbocycles. The van der Waals surface area contributed by atoms with Crippen LogP contribution in [0.3, 0.4) is 0 Å². The Morgan fingerprint density at radius 2 is 1.05 bits per heavy atom. The topological polar surface area (TPSA) is 57.4 Å². The third-order valence-electron chi connectivity index (χ3n) is 8.17. The highest BCUT2D eigenvalue weighted by Gasteiger charge is 2.22. The first-order valence-electron chi connectivity index (χ1n) is 13.8. The summed E-state index contributed by atoms with van der Waals surface area (Å²) in [5, 5.41) is 25.2. The normalized spacial score (nSPS) is 11.3. The average molecular weight is 535 g/mol. The molecule has 0 unspecified atom stereocenters. The zero-order chi connectivity index (χ0) is 28.2. The lowest BCUT2D eigenvalue weighted by molar-refractivity contribution is 1.07. The van der Waals surface area contributed by atoms with Crippen molar-refractivity contribution in [3.63, 3.8) is 0 Å². The van der Waals surface area contributed by atoms with Crippen LogP contribution < -0.4 is 0 Å². The van der Waals surface area contributed by atoms with Gasteiger partial charge in [0.15, 0.2) is 0 Å². The van der Waals surface area contributed by atoms with Crippen LogP contribution in [-0.4, -0.2) is 9.13 Å². The van der Waals surface area contributed by atoms with Crippen molar-refractivity contribution in [2.24, 2.45) is 0 Å². The van der Waals surface area contributed by atoms with E-state index in [9.17, 15) is 10.5 Å². The van der Waals surface area contributed by atoms with E-state index in [4.69, 9.17) is 0 Å². The Labute approximate surface area is 242 Å². The third kappa shape index (κ3) is 3.40. The van der Waals surface area contributed by atoms with Crippen molar-refractivity contribution < 1.29 is 0 Å². The van der Waals surface area contributed by atoms with Gasteiger partial charge in [-0.1, -0.05) is 78.9 Å². The summed E-state index contributed by atoms with van der Waals surface area (Å²) in [6, 6.07) is 50.2. The van der Waals surface area contributed by atoms with E-state index >= 15 is 0 Å². The van der Waals surface area contributed by atoms with Crippen molar-refractivity contribution in [1.29, 1.82) is 10.5 Å². The standard InChI is InChI=1S/C38H22N4/c39-23-28-9-8-10-29(24-40)36(28)27-18-17-26-22-31(20-19-25(26)21-27)42-35-16-7-5-14-33(35)37-32-13-4-6-15-34(32)41(38(37)42)30-11-2-1-3-12-30/h1-22H. The molecule has 0 aliphatic carbocycles. The Morgan fingerprint density at radius 3 is 1.71 bits per heavy atom. The first-order chi connectivity index (χ1) is 20.8. The van der Waals surface area contributed by atoms with Crippen molar-refractivity contribution in [3.05, 3.63) is 145 Å². The molecule has 4 nitrogen and oxygen atoms in total. The Hall–Kier alpha value is -6.10. The lowest BCUT2D eigenvalue weighted by Crippen LogP contribution is -2.01. The molecule has 0 amide bonds. The Balaban J connectivity index is 1.41. The molecule has 0 aliphatic heterocycles. The molecule has 0 atom stereocenters. The van der Waals surface area contributed by atoms with Gasteiger partial charge in [0.1, 0.15) is 5.65 Å². The summed E-state index contributed by atoms with van der Waals surface area (Å²) >= 11 is 0. The second-order valence-corrected chi connectivity index (χ2v) is 10.4. The predicted octanol–water partition coefficient (Wildman–Crippen LogP) is 9.29. The van der Waals surface area contributed by atoms with Gasteiger partial charge >= 0.3 is 0 Å². The van der Waals surface area contributed by atoms with Gasteiger partial charge in [-0.25, -0.2) is 0 Å². The van der Waals surface area contributed by atoms with Crippen LogP contribution in [0.25, 0.3) is 66.1 Å². The molecule has 0 fully saturated rings. The highest BCUT2D eigenvalue weighted by molar-refractivity contribution is 6.22. The average Bonchev–Trinajstić information content (AvgIpc) is 3.57. The molecule has 0 radical (unpaired) electrons. The molecule has 0 aliphatic rings. The highest BCUT2D eigenvalue weighted by atomic mass is 15.1. The summed E-state index contributed by atoms with van der Waals surface area (Å²) in [5.74, 6) is 0. The van der Waals surface area contributed by atoms with Crippen LogP contribution in [0.2, 0.25) is 0 Å². The molecule has 8 aromatic rings. The van der Waals surface area contributed by atoms with Crippen LogP contribution in [0.4, 0.5) is 0 Å². The van der Waals surface area contributed by atoms with E-state index in [1.54, 1.807) is 18.2 Å². The number of aromatic nitrogens is 2. The highest BCUT2D eigenvalue weighted by Crippen LogP contribution is 2.41. The molecular weight excluding hydrogens is 512 g/mol. The van der Waals surface area contributed by atoms with E-state index in [1.165, 1.54) is 21.7 Å². The molecule has 0 spiro atoms. The van der Waals surface area contributed by atoms with Gasteiger partial charge in [-0.3, -0.25) is 9.13 Å². The van der Waals surface area contributed by atoms with Gasteiger partial charge in [-0.2, -0.15) is 10.5 Å². The number of benzene rings is 6. The van der Waals surface area contributed by atoms with Crippen LogP contribution in [0.15, 0.2) is 133 Å². The fourth-order valence-corrected chi connectivity index (χ4v) is 6.38. The molecule has 2 aromatic heterocycles. The molecule has 42 heavy (non-hydrogen) atoms. The molecular formula is C38H22N4. The fourth-order valence-electron chi connectivity index (χ4n) is 6.38. The smallest absolute Gasteiger partial charge is 0.131 e. The maximum atomic E-state index is 9.72. The van der Waals surface area contributed by atoms with E-state index in [1.807, 2.05) is 12.1 Å². The van der Waals surface area contributed by atoms with Crippen LogP contribution in [0.1, 0.15) is 11.1 Å². The van der Waals surface area contributed by atoms with Crippen LogP contribution in [0, 0.1) is 22.7 Å². The minimum absolute atomic E-state index is 0.500. The Bertz CT molecular complexity index is 2400. The number of rotatable bonds is 3. The number of fused-ring (bicyclic) bond motifs is 6. The second-order valence-electron chi connectivity index (χ2n) is 10.4. The maximum absolute atomic E-state index is 9.72. The molecule has 0 saturated heterocycles. The monoisotopic (exact) mass is 534 g/mol. The van der Waals surface area contributed by atoms with Gasteiger partial charge in [0.2, 0.25) is 0 Å². The Morgan fingerprint density at radius 1 is 0.476 bits per heavy atom. The van der Waals surface area contributed by atoms with Crippen molar-refractivity contribution >= 4 is 43.6 Å². The first kappa shape index (κ1) is 23.8. The number of nitriles is 2. The van der Waals surface area contributed by atoms with Crippen molar-refractivity contribution in [3.8, 4) is 34.6 Å². The summed E-state index contributed by atoms with van der Waals surface area (Å²) < 4.78 is 4.73. The molecule has 8 rings (SSSR count). The summed E-state index contributed by atoms with van der Waals surface area (Å²) in [7, 11) is 0. The largest absolute Gasteiger partial charge is 0.295 e. The van der Waals surface area contributed by atoms with E-state index < -0.39 is 0 Å². The van der Waals surface area contributed by atoms with Gasteiger partial charge in [-0.05, 0) is 70.9 Å². The van der Waals surface area contributed by atoms with E-state index in [0.717, 1.165) is 38.9 Å². The van der Waals surface area contributed by atoms with Crippen LogP contribution >= 0.6 is 0 Å². The molecule has 0 N–H and O–H groups in total. The number of nitrogens with zero attached hydrogens (tertiary/aromatic N) is 4. The molecule has 0 bridgehead atoms. The van der Waals surface area contributed by atoms with E-state index in [2.05, 4.69) is 124 Å². The number of para-hydroxylation sites is 3. The van der Waals surface area contributed by atoms with Crippen LogP contribution in [0.5, 0.6) is 0 Å². The zero-order valence-electron chi connectivity index (χ0n) is 22.5. The maximum Gasteiger partial charge on any atom is 0.131 e. The fraction of sp³-hybridized carbons (Fsp3) is 0. The SMILES string of the molecule is N#Cc1cccc(C#N)c1-c1ccc2cc(-n3c4ccccc4c4c5ccccc5n(-c5ccccc5)c43)ccc2c1. The predicted molar refractivity (Wildman–Crippen MR) is 170 cm³/mol. The van der Waals surface area contributed by atoms with E-state index in [-0.39, 0.29) is 0 Å². The summed E-state index contributed by atoms with van der Waals surface area (Å²) in [6.45, 7) is 0. The molecule has 4 heteroatoms. The number of hydrogen-bond acceptors (Lipinski definition) is 2. The molecule has 2 heterocycles. The van der Waals surface area contributed by atoms with Crippen molar-refractivity contribution in [1.82, 2.24) is 9.13 Å². The van der Waals surface area contributed by atoms with Gasteiger partial charge in [0.25, 0.3) is 0 Å². The second kappa shape index (κ2) is 9.24. The Kier molecular flexibility index (Phi) is 5.22. The van der Waals surface area contributed by atoms with Crippen LogP contribution in [-0.2, 0) is 0 Å². The van der Waals surface area contributed by atoms with Gasteiger partial charge in [0, 0.05) is 33.1 Å². The minimum Gasteiger partial charge on any atom is -0.295 e.